The zero-order valence-corrected chi connectivity index (χ0v) is 11.5. The molecule has 110 valence electrons. The van der Waals surface area contributed by atoms with Gasteiger partial charge in [0.25, 0.3) is 0 Å². The summed E-state index contributed by atoms with van der Waals surface area (Å²) in [5.74, 6) is -0.0321. The van der Waals surface area contributed by atoms with Crippen molar-refractivity contribution in [3.8, 4) is 0 Å². The number of ether oxygens (including phenoxy) is 1. The Balaban J connectivity index is 1.72. The van der Waals surface area contributed by atoms with Crippen LogP contribution in [0.4, 0.5) is 20.7 Å². The van der Waals surface area contributed by atoms with Gasteiger partial charge >= 0.3 is 6.03 Å². The van der Waals surface area contributed by atoms with Crippen LogP contribution in [0.15, 0.2) is 18.2 Å². The number of hydrogen-bond acceptors (Lipinski definition) is 3. The van der Waals surface area contributed by atoms with E-state index in [4.69, 9.17) is 4.74 Å². The van der Waals surface area contributed by atoms with Gasteiger partial charge in [-0.15, -0.1) is 0 Å². The molecule has 0 saturated carbocycles. The maximum atomic E-state index is 13.8. The molecule has 3 N–H and O–H groups in total. The lowest BCUT2D eigenvalue weighted by Crippen LogP contribution is -2.22. The number of aromatic nitrogens is 2. The fourth-order valence-corrected chi connectivity index (χ4v) is 2.22. The van der Waals surface area contributed by atoms with Crippen LogP contribution in [0, 0.1) is 12.7 Å². The van der Waals surface area contributed by atoms with Gasteiger partial charge in [-0.05, 0) is 18.6 Å². The van der Waals surface area contributed by atoms with Gasteiger partial charge in [-0.3, -0.25) is 10.4 Å². The lowest BCUT2D eigenvalue weighted by molar-refractivity contribution is 0.110. The highest BCUT2D eigenvalue weighted by Crippen LogP contribution is 2.22. The van der Waals surface area contributed by atoms with Crippen molar-refractivity contribution >= 4 is 17.5 Å². The number of hydrogen-bond donors (Lipinski definition) is 3. The summed E-state index contributed by atoms with van der Waals surface area (Å²) in [5.41, 5.74) is 2.39. The van der Waals surface area contributed by atoms with Crippen molar-refractivity contribution in [1.29, 1.82) is 0 Å². The molecule has 1 aromatic heterocycles. The Hall–Kier alpha value is -2.41. The normalized spacial score (nSPS) is 13.6. The summed E-state index contributed by atoms with van der Waals surface area (Å²) in [7, 11) is 0. The fourth-order valence-electron chi connectivity index (χ4n) is 2.22. The number of halogens is 1. The number of carbonyl (C=O) groups is 1. The van der Waals surface area contributed by atoms with E-state index in [0.29, 0.717) is 24.6 Å². The van der Waals surface area contributed by atoms with Gasteiger partial charge in [-0.1, -0.05) is 12.1 Å². The average molecular weight is 290 g/mol. The number of urea groups is 1. The minimum absolute atomic E-state index is 0.133. The Morgan fingerprint density at radius 2 is 2.29 bits per heavy atom. The number of rotatable bonds is 2. The standard InChI is InChI=1S/C14H15FN4O2/c1-8-3-2-4-11(12(8)15)16-14(20)17-13-9-7-21-6-5-10(9)18-19-13/h2-4H,5-7H2,1H3,(H3,16,17,18,19,20). The Bertz CT molecular complexity index is 684. The van der Waals surface area contributed by atoms with E-state index in [1.54, 1.807) is 19.1 Å². The largest absolute Gasteiger partial charge is 0.376 e. The Morgan fingerprint density at radius 3 is 3.14 bits per heavy atom. The maximum absolute atomic E-state index is 13.8. The highest BCUT2D eigenvalue weighted by atomic mass is 19.1. The smallest absolute Gasteiger partial charge is 0.324 e. The van der Waals surface area contributed by atoms with E-state index in [1.807, 2.05) is 0 Å². The number of aryl methyl sites for hydroxylation is 1. The molecule has 0 unspecified atom stereocenters. The van der Waals surface area contributed by atoms with Crippen LogP contribution in [0.25, 0.3) is 0 Å². The van der Waals surface area contributed by atoms with Crippen molar-refractivity contribution in [2.75, 3.05) is 17.2 Å². The van der Waals surface area contributed by atoms with Crippen molar-refractivity contribution in [1.82, 2.24) is 10.2 Å². The molecule has 1 aliphatic rings. The number of anilines is 2. The Labute approximate surface area is 120 Å². The maximum Gasteiger partial charge on any atom is 0.324 e. The molecule has 0 radical (unpaired) electrons. The molecule has 0 aliphatic carbocycles. The highest BCUT2D eigenvalue weighted by Gasteiger charge is 2.19. The molecule has 2 amide bonds. The molecule has 6 nitrogen and oxygen atoms in total. The van der Waals surface area contributed by atoms with Gasteiger partial charge in [0, 0.05) is 17.7 Å². The van der Waals surface area contributed by atoms with Gasteiger partial charge in [-0.2, -0.15) is 5.10 Å². The van der Waals surface area contributed by atoms with Crippen LogP contribution in [-0.4, -0.2) is 22.8 Å². The first-order valence-electron chi connectivity index (χ1n) is 6.62. The topological polar surface area (TPSA) is 79.0 Å². The SMILES string of the molecule is Cc1cccc(NC(=O)Nc2n[nH]c3c2COCC3)c1F. The molecule has 1 aliphatic heterocycles. The number of amides is 2. The zero-order chi connectivity index (χ0) is 14.8. The summed E-state index contributed by atoms with van der Waals surface area (Å²) < 4.78 is 19.2. The first kappa shape index (κ1) is 13.6. The Morgan fingerprint density at radius 1 is 1.43 bits per heavy atom. The van der Waals surface area contributed by atoms with Crippen LogP contribution in [0.5, 0.6) is 0 Å². The lowest BCUT2D eigenvalue weighted by Gasteiger charge is -2.13. The van der Waals surface area contributed by atoms with Gasteiger partial charge in [0.15, 0.2) is 5.82 Å². The predicted octanol–water partition coefficient (Wildman–Crippen LogP) is 2.57. The third-order valence-electron chi connectivity index (χ3n) is 3.37. The molecule has 0 spiro atoms. The number of nitrogens with one attached hydrogen (secondary N) is 3. The summed E-state index contributed by atoms with van der Waals surface area (Å²) in [6, 6.07) is 4.28. The van der Waals surface area contributed by atoms with Crippen molar-refractivity contribution in [3.05, 3.63) is 40.8 Å². The fraction of sp³-hybridized carbons (Fsp3) is 0.286. The van der Waals surface area contributed by atoms with E-state index in [-0.39, 0.29) is 5.69 Å². The second-order valence-electron chi connectivity index (χ2n) is 4.85. The lowest BCUT2D eigenvalue weighted by atomic mass is 10.1. The second kappa shape index (κ2) is 5.53. The van der Waals surface area contributed by atoms with Crippen LogP contribution in [0.1, 0.15) is 16.8 Å². The quantitative estimate of drug-likeness (QED) is 0.795. The summed E-state index contributed by atoms with van der Waals surface area (Å²) in [6.45, 7) is 2.68. The van der Waals surface area contributed by atoms with Crippen LogP contribution in [-0.2, 0) is 17.8 Å². The third-order valence-corrected chi connectivity index (χ3v) is 3.37. The van der Waals surface area contributed by atoms with Gasteiger partial charge in [0.05, 0.1) is 18.9 Å². The van der Waals surface area contributed by atoms with Crippen LogP contribution in [0.3, 0.4) is 0 Å². The molecule has 0 fully saturated rings. The number of fused-ring (bicyclic) bond motifs is 1. The number of carbonyl (C=O) groups excluding carboxylic acids is 1. The molecular formula is C14H15FN4O2. The predicted molar refractivity (Wildman–Crippen MR) is 75.7 cm³/mol. The second-order valence-corrected chi connectivity index (χ2v) is 4.85. The van der Waals surface area contributed by atoms with E-state index in [1.165, 1.54) is 6.07 Å². The van der Waals surface area contributed by atoms with Crippen LogP contribution < -0.4 is 10.6 Å². The third kappa shape index (κ3) is 2.73. The monoisotopic (exact) mass is 290 g/mol. The molecule has 2 aromatic rings. The number of nitrogens with zero attached hydrogens (tertiary/aromatic N) is 1. The van der Waals surface area contributed by atoms with Crippen molar-refractivity contribution in [2.24, 2.45) is 0 Å². The van der Waals surface area contributed by atoms with E-state index >= 15 is 0 Å². The van der Waals surface area contributed by atoms with E-state index in [0.717, 1.165) is 17.7 Å². The summed E-state index contributed by atoms with van der Waals surface area (Å²) in [6.07, 6.45) is 0.734. The van der Waals surface area contributed by atoms with Gasteiger partial charge in [-0.25, -0.2) is 9.18 Å². The van der Waals surface area contributed by atoms with Crippen LogP contribution >= 0.6 is 0 Å². The number of H-pyrrole nitrogens is 1. The first-order chi connectivity index (χ1) is 10.1. The Kier molecular flexibility index (Phi) is 3.57. The van der Waals surface area contributed by atoms with Crippen molar-refractivity contribution in [3.63, 3.8) is 0 Å². The molecule has 21 heavy (non-hydrogen) atoms. The highest BCUT2D eigenvalue weighted by molar-refractivity contribution is 5.99. The van der Waals surface area contributed by atoms with Crippen molar-refractivity contribution < 1.29 is 13.9 Å². The minimum atomic E-state index is -0.542. The molecule has 0 bridgehead atoms. The molecule has 7 heteroatoms. The van der Waals surface area contributed by atoms with Crippen LogP contribution in [0.2, 0.25) is 0 Å². The number of aromatic amines is 1. The van der Waals surface area contributed by atoms with Gasteiger partial charge in [0.2, 0.25) is 0 Å². The number of benzene rings is 1. The van der Waals surface area contributed by atoms with E-state index in [2.05, 4.69) is 20.8 Å². The molecule has 1 aromatic carbocycles. The molecule has 3 rings (SSSR count). The summed E-state index contributed by atoms with van der Waals surface area (Å²) in [5, 5.41) is 12.0. The molecule has 0 atom stereocenters. The molecule has 0 saturated heterocycles. The summed E-state index contributed by atoms with van der Waals surface area (Å²) >= 11 is 0. The average Bonchev–Trinajstić information content (AvgIpc) is 2.87. The van der Waals surface area contributed by atoms with Crippen molar-refractivity contribution in [2.45, 2.75) is 20.0 Å². The van der Waals surface area contributed by atoms with E-state index in [9.17, 15) is 9.18 Å². The van der Waals surface area contributed by atoms with Gasteiger partial charge < -0.3 is 10.1 Å². The molecular weight excluding hydrogens is 275 g/mol. The molecule has 2 heterocycles. The van der Waals surface area contributed by atoms with E-state index < -0.39 is 11.8 Å². The first-order valence-corrected chi connectivity index (χ1v) is 6.62. The summed E-state index contributed by atoms with van der Waals surface area (Å²) in [4.78, 5) is 11.9. The minimum Gasteiger partial charge on any atom is -0.376 e. The van der Waals surface area contributed by atoms with Gasteiger partial charge in [0.1, 0.15) is 5.82 Å². The zero-order valence-electron chi connectivity index (χ0n) is 11.5.